The Hall–Kier alpha value is -4.08. The number of halogens is 2. The maximum atomic E-state index is 15.3. The number of hydrogen-bond donors (Lipinski definition) is 2. The van der Waals surface area contributed by atoms with Gasteiger partial charge in [-0.3, -0.25) is 4.57 Å². The first kappa shape index (κ1) is 19.2. The van der Waals surface area contributed by atoms with Gasteiger partial charge in [0.1, 0.15) is 17.7 Å². The highest BCUT2D eigenvalue weighted by Gasteiger charge is 2.20. The van der Waals surface area contributed by atoms with Crippen LogP contribution in [0.2, 0.25) is 0 Å². The van der Waals surface area contributed by atoms with E-state index in [0.29, 0.717) is 17.1 Å². The number of rotatable bonds is 4. The van der Waals surface area contributed by atoms with Gasteiger partial charge in [-0.15, -0.1) is 0 Å². The smallest absolute Gasteiger partial charge is 0.337 e. The number of imidazole rings is 1. The lowest BCUT2D eigenvalue weighted by Gasteiger charge is -2.11. The van der Waals surface area contributed by atoms with Gasteiger partial charge in [0.25, 0.3) is 0 Å². The van der Waals surface area contributed by atoms with Gasteiger partial charge >= 0.3 is 5.97 Å². The minimum Gasteiger partial charge on any atom is -0.465 e. The van der Waals surface area contributed by atoms with Gasteiger partial charge in [0.2, 0.25) is 5.82 Å². The van der Waals surface area contributed by atoms with Crippen molar-refractivity contribution in [1.29, 1.82) is 0 Å². The molecule has 152 valence electrons. The number of methoxy groups -OCH3 is 1. The minimum atomic E-state index is -0.764. The number of ether oxygens (including phenoxy) is 1. The average Bonchev–Trinajstić information content (AvgIpc) is 3.06. The average molecular weight is 410 g/mol. The molecule has 0 fully saturated rings. The van der Waals surface area contributed by atoms with Crippen molar-refractivity contribution >= 4 is 34.2 Å². The number of esters is 1. The van der Waals surface area contributed by atoms with Gasteiger partial charge in [-0.2, -0.15) is 4.39 Å². The number of nitrogens with two attached hydrogens (primary N) is 1. The summed E-state index contributed by atoms with van der Waals surface area (Å²) < 4.78 is 35.5. The highest BCUT2D eigenvalue weighted by molar-refractivity contribution is 5.89. The molecule has 0 bridgehead atoms. The van der Waals surface area contributed by atoms with E-state index in [2.05, 4.69) is 25.0 Å². The Bertz CT molecular complexity index is 1270. The number of carbonyl (C=O) groups is 1. The Morgan fingerprint density at radius 3 is 2.60 bits per heavy atom. The molecule has 0 unspecified atom stereocenters. The summed E-state index contributed by atoms with van der Waals surface area (Å²) in [5, 5.41) is 2.84. The third kappa shape index (κ3) is 3.28. The number of anilines is 3. The highest BCUT2D eigenvalue weighted by Crippen LogP contribution is 2.28. The maximum absolute atomic E-state index is 15.3. The molecular weight excluding hydrogens is 394 g/mol. The first-order chi connectivity index (χ1) is 14.4. The first-order valence-corrected chi connectivity index (χ1v) is 8.79. The molecule has 0 aliphatic carbocycles. The molecule has 3 N–H and O–H groups in total. The summed E-state index contributed by atoms with van der Waals surface area (Å²) in [5.41, 5.74) is 7.12. The van der Waals surface area contributed by atoms with Crippen molar-refractivity contribution in [3.8, 4) is 5.82 Å². The minimum absolute atomic E-state index is 0.0626. The molecule has 2 aromatic heterocycles. The standard InChI is InChI=1S/C20H16F2N6O2/c1-10-26-17-14(21)7-12(23)8-15(17)28(10)19-16(22)18(24-9-25-19)27-13-5-3-11(4-6-13)20(29)30-2/h3-9H,23H2,1-2H3,(H,24,25,27). The molecule has 0 radical (unpaired) electrons. The highest BCUT2D eigenvalue weighted by atomic mass is 19.1. The summed E-state index contributed by atoms with van der Waals surface area (Å²) >= 11 is 0. The fourth-order valence-corrected chi connectivity index (χ4v) is 3.09. The van der Waals surface area contributed by atoms with Crippen LogP contribution < -0.4 is 11.1 Å². The van der Waals surface area contributed by atoms with E-state index in [1.165, 1.54) is 36.2 Å². The van der Waals surface area contributed by atoms with Crippen LogP contribution in [0, 0.1) is 18.6 Å². The van der Waals surface area contributed by atoms with Crippen LogP contribution in [-0.2, 0) is 4.74 Å². The van der Waals surface area contributed by atoms with E-state index in [9.17, 15) is 9.18 Å². The van der Waals surface area contributed by atoms with Gasteiger partial charge < -0.3 is 15.8 Å². The van der Waals surface area contributed by atoms with Gasteiger partial charge in [0, 0.05) is 11.4 Å². The van der Waals surface area contributed by atoms with Gasteiger partial charge in [0.15, 0.2) is 17.5 Å². The number of nitrogens with zero attached hydrogens (tertiary/aromatic N) is 4. The molecule has 0 amide bonds. The summed E-state index contributed by atoms with van der Waals surface area (Å²) in [6.45, 7) is 1.61. The van der Waals surface area contributed by atoms with Crippen LogP contribution in [0.15, 0.2) is 42.7 Å². The van der Waals surface area contributed by atoms with Gasteiger partial charge in [-0.1, -0.05) is 0 Å². The molecule has 8 nitrogen and oxygen atoms in total. The molecule has 0 aliphatic heterocycles. The van der Waals surface area contributed by atoms with Crippen molar-refractivity contribution < 1.29 is 18.3 Å². The van der Waals surface area contributed by atoms with Gasteiger partial charge in [0.05, 0.1) is 18.2 Å². The molecule has 4 rings (SSSR count). The second-order valence-electron chi connectivity index (χ2n) is 6.42. The SMILES string of the molecule is COC(=O)c1ccc(Nc2ncnc(-n3c(C)nc4c(F)cc(N)cc43)c2F)cc1. The molecule has 0 aliphatic rings. The molecule has 30 heavy (non-hydrogen) atoms. The number of fused-ring (bicyclic) bond motifs is 1. The number of hydrogen-bond acceptors (Lipinski definition) is 7. The van der Waals surface area contributed by atoms with Crippen molar-refractivity contribution in [2.75, 3.05) is 18.2 Å². The zero-order valence-electron chi connectivity index (χ0n) is 16.0. The van der Waals surface area contributed by atoms with E-state index < -0.39 is 17.6 Å². The lowest BCUT2D eigenvalue weighted by Crippen LogP contribution is -2.08. The van der Waals surface area contributed by atoms with E-state index in [-0.39, 0.29) is 28.4 Å². The van der Waals surface area contributed by atoms with Crippen LogP contribution in [0.5, 0.6) is 0 Å². The van der Waals surface area contributed by atoms with E-state index in [0.717, 1.165) is 6.07 Å². The summed E-state index contributed by atoms with van der Waals surface area (Å²) in [6.07, 6.45) is 1.18. The van der Waals surface area contributed by atoms with Crippen LogP contribution in [-0.4, -0.2) is 32.6 Å². The Kier molecular flexibility index (Phi) is 4.74. The van der Waals surface area contributed by atoms with Crippen LogP contribution in [0.4, 0.5) is 26.0 Å². The summed E-state index contributed by atoms with van der Waals surface area (Å²) in [5.74, 6) is -1.73. The van der Waals surface area contributed by atoms with E-state index in [1.807, 2.05) is 0 Å². The fourth-order valence-electron chi connectivity index (χ4n) is 3.09. The first-order valence-electron chi connectivity index (χ1n) is 8.79. The molecule has 0 saturated carbocycles. The van der Waals surface area contributed by atoms with Crippen molar-refractivity contribution in [1.82, 2.24) is 19.5 Å². The third-order valence-electron chi connectivity index (χ3n) is 4.46. The monoisotopic (exact) mass is 410 g/mol. The lowest BCUT2D eigenvalue weighted by atomic mass is 10.2. The van der Waals surface area contributed by atoms with Crippen molar-refractivity contribution in [3.05, 3.63) is 65.7 Å². The second kappa shape index (κ2) is 7.39. The van der Waals surface area contributed by atoms with Crippen LogP contribution in [0.1, 0.15) is 16.2 Å². The molecule has 2 heterocycles. The molecular formula is C20H16F2N6O2. The maximum Gasteiger partial charge on any atom is 0.337 e. The van der Waals surface area contributed by atoms with E-state index in [4.69, 9.17) is 5.73 Å². The molecule has 4 aromatic rings. The number of benzene rings is 2. The van der Waals surface area contributed by atoms with Crippen LogP contribution >= 0.6 is 0 Å². The third-order valence-corrected chi connectivity index (χ3v) is 4.46. The van der Waals surface area contributed by atoms with Crippen molar-refractivity contribution in [3.63, 3.8) is 0 Å². The lowest BCUT2D eigenvalue weighted by molar-refractivity contribution is 0.0601. The van der Waals surface area contributed by atoms with Gasteiger partial charge in [-0.05, 0) is 43.3 Å². The van der Waals surface area contributed by atoms with Crippen molar-refractivity contribution in [2.45, 2.75) is 6.92 Å². The normalized spacial score (nSPS) is 10.9. The molecule has 0 spiro atoms. The number of nitrogens with one attached hydrogen (secondary N) is 1. The fraction of sp³-hybridized carbons (Fsp3) is 0.100. The molecule has 0 atom stereocenters. The van der Waals surface area contributed by atoms with Crippen LogP contribution in [0.3, 0.4) is 0 Å². The van der Waals surface area contributed by atoms with Gasteiger partial charge in [-0.25, -0.2) is 24.1 Å². The summed E-state index contributed by atoms with van der Waals surface area (Å²) in [4.78, 5) is 23.6. The Balaban J connectivity index is 1.75. The quantitative estimate of drug-likeness (QED) is 0.391. The predicted octanol–water partition coefficient (Wildman–Crippen LogP) is 3.51. The Labute approximate surface area is 169 Å². The molecule has 2 aromatic carbocycles. The topological polar surface area (TPSA) is 108 Å². The molecule has 0 saturated heterocycles. The molecule has 10 heteroatoms. The van der Waals surface area contributed by atoms with Crippen molar-refractivity contribution in [2.24, 2.45) is 0 Å². The zero-order chi connectivity index (χ0) is 21.4. The van der Waals surface area contributed by atoms with Crippen LogP contribution in [0.25, 0.3) is 16.9 Å². The number of aromatic nitrogens is 4. The summed E-state index contributed by atoms with van der Waals surface area (Å²) in [7, 11) is 1.29. The Morgan fingerprint density at radius 1 is 1.17 bits per heavy atom. The zero-order valence-corrected chi connectivity index (χ0v) is 16.0. The number of aryl methyl sites for hydroxylation is 1. The van der Waals surface area contributed by atoms with E-state index in [1.54, 1.807) is 19.1 Å². The second-order valence-corrected chi connectivity index (χ2v) is 6.42. The predicted molar refractivity (Wildman–Crippen MR) is 107 cm³/mol. The van der Waals surface area contributed by atoms with E-state index >= 15 is 4.39 Å². The number of nitrogen functional groups attached to an aromatic ring is 1. The largest absolute Gasteiger partial charge is 0.465 e. The summed E-state index contributed by atoms with van der Waals surface area (Å²) in [6, 6.07) is 8.89. The number of carbonyl (C=O) groups excluding carboxylic acids is 1. The Morgan fingerprint density at radius 2 is 1.90 bits per heavy atom.